The fourth-order valence-corrected chi connectivity index (χ4v) is 3.76. The van der Waals surface area contributed by atoms with E-state index in [-0.39, 0.29) is 0 Å². The summed E-state index contributed by atoms with van der Waals surface area (Å²) < 4.78 is 1.10. The molecular formula is C13H13N5S2. The van der Waals surface area contributed by atoms with E-state index in [1.165, 1.54) is 11.3 Å². The van der Waals surface area contributed by atoms with Crippen LogP contribution in [0.5, 0.6) is 0 Å². The van der Waals surface area contributed by atoms with Crippen molar-refractivity contribution in [3.05, 3.63) is 35.8 Å². The number of hydrogen-bond donors (Lipinski definition) is 2. The molecule has 0 aliphatic carbocycles. The lowest BCUT2D eigenvalue weighted by Gasteiger charge is -2.04. The van der Waals surface area contributed by atoms with E-state index in [1.54, 1.807) is 11.8 Å². The van der Waals surface area contributed by atoms with Gasteiger partial charge in [0, 0.05) is 5.39 Å². The number of benzene rings is 1. The highest BCUT2D eigenvalue weighted by atomic mass is 32.2. The summed E-state index contributed by atoms with van der Waals surface area (Å²) in [5.41, 5.74) is 13.5. The normalized spacial score (nSPS) is 11.1. The SMILES string of the molecule is Cc1nc(N)sc1SCc1nc(N)c2ccccc2n1. The third kappa shape index (κ3) is 2.54. The summed E-state index contributed by atoms with van der Waals surface area (Å²) in [5.74, 6) is 1.89. The van der Waals surface area contributed by atoms with E-state index < -0.39 is 0 Å². The zero-order valence-electron chi connectivity index (χ0n) is 10.8. The van der Waals surface area contributed by atoms with Crippen molar-refractivity contribution in [1.29, 1.82) is 0 Å². The first kappa shape index (κ1) is 13.1. The van der Waals surface area contributed by atoms with Crippen molar-refractivity contribution in [3.8, 4) is 0 Å². The summed E-state index contributed by atoms with van der Waals surface area (Å²) in [6.45, 7) is 1.95. The van der Waals surface area contributed by atoms with Crippen LogP contribution in [0, 0.1) is 6.92 Å². The molecule has 0 saturated carbocycles. The van der Waals surface area contributed by atoms with E-state index in [0.29, 0.717) is 16.7 Å². The van der Waals surface area contributed by atoms with Gasteiger partial charge in [-0.2, -0.15) is 0 Å². The minimum Gasteiger partial charge on any atom is -0.383 e. The topological polar surface area (TPSA) is 90.7 Å². The van der Waals surface area contributed by atoms with Gasteiger partial charge in [-0.3, -0.25) is 0 Å². The second-order valence-electron chi connectivity index (χ2n) is 4.26. The molecule has 0 aliphatic rings. The molecule has 0 aliphatic heterocycles. The molecule has 4 N–H and O–H groups in total. The molecule has 0 atom stereocenters. The van der Waals surface area contributed by atoms with E-state index in [2.05, 4.69) is 15.0 Å². The Hall–Kier alpha value is -1.86. The third-order valence-corrected chi connectivity index (χ3v) is 5.13. The lowest BCUT2D eigenvalue weighted by atomic mass is 10.2. The molecule has 2 heterocycles. The quantitative estimate of drug-likeness (QED) is 0.723. The molecule has 102 valence electrons. The Morgan fingerprint density at radius 1 is 1.15 bits per heavy atom. The number of para-hydroxylation sites is 1. The van der Waals surface area contributed by atoms with Crippen LogP contribution in [0.4, 0.5) is 10.9 Å². The highest BCUT2D eigenvalue weighted by Crippen LogP contribution is 2.32. The number of aryl methyl sites for hydroxylation is 1. The maximum absolute atomic E-state index is 5.97. The Kier molecular flexibility index (Phi) is 3.45. The molecule has 0 fully saturated rings. The third-order valence-electron chi connectivity index (χ3n) is 2.78. The van der Waals surface area contributed by atoms with Gasteiger partial charge < -0.3 is 11.5 Å². The number of thioether (sulfide) groups is 1. The molecule has 0 amide bonds. The number of fused-ring (bicyclic) bond motifs is 1. The molecule has 3 rings (SSSR count). The van der Waals surface area contributed by atoms with Crippen molar-refractivity contribution < 1.29 is 0 Å². The predicted octanol–water partition coefficient (Wildman–Crippen LogP) is 2.85. The number of anilines is 2. The maximum Gasteiger partial charge on any atom is 0.181 e. The van der Waals surface area contributed by atoms with E-state index in [9.17, 15) is 0 Å². The lowest BCUT2D eigenvalue weighted by molar-refractivity contribution is 1.07. The van der Waals surface area contributed by atoms with Gasteiger partial charge in [-0.15, -0.1) is 11.8 Å². The smallest absolute Gasteiger partial charge is 0.181 e. The molecular weight excluding hydrogens is 290 g/mol. The number of rotatable bonds is 3. The van der Waals surface area contributed by atoms with Gasteiger partial charge in [-0.1, -0.05) is 23.5 Å². The van der Waals surface area contributed by atoms with Crippen molar-refractivity contribution in [2.45, 2.75) is 16.9 Å². The highest BCUT2D eigenvalue weighted by Gasteiger charge is 2.09. The van der Waals surface area contributed by atoms with Crippen molar-refractivity contribution in [3.63, 3.8) is 0 Å². The molecule has 0 saturated heterocycles. The first-order valence-electron chi connectivity index (χ1n) is 6.00. The summed E-state index contributed by atoms with van der Waals surface area (Å²) in [5, 5.41) is 1.48. The Bertz CT molecular complexity index is 769. The molecule has 2 aromatic heterocycles. The van der Waals surface area contributed by atoms with Gasteiger partial charge in [-0.05, 0) is 19.1 Å². The molecule has 20 heavy (non-hydrogen) atoms. The van der Waals surface area contributed by atoms with E-state index in [4.69, 9.17) is 11.5 Å². The summed E-state index contributed by atoms with van der Waals surface area (Å²) in [4.78, 5) is 13.1. The van der Waals surface area contributed by atoms with Crippen LogP contribution in [0.1, 0.15) is 11.5 Å². The number of nitrogen functional groups attached to an aromatic ring is 2. The summed E-state index contributed by atoms with van der Waals surface area (Å²) in [6.07, 6.45) is 0. The van der Waals surface area contributed by atoms with Crippen LogP contribution in [-0.4, -0.2) is 15.0 Å². The second-order valence-corrected chi connectivity index (χ2v) is 6.53. The van der Waals surface area contributed by atoms with Gasteiger partial charge in [-0.25, -0.2) is 15.0 Å². The highest BCUT2D eigenvalue weighted by molar-refractivity contribution is 8.00. The average molecular weight is 303 g/mol. The Morgan fingerprint density at radius 2 is 1.95 bits per heavy atom. The minimum atomic E-state index is 0.520. The molecule has 0 spiro atoms. The van der Waals surface area contributed by atoms with E-state index >= 15 is 0 Å². The molecule has 7 heteroatoms. The Labute approximate surface area is 124 Å². The first-order valence-corrected chi connectivity index (χ1v) is 7.80. The summed E-state index contributed by atoms with van der Waals surface area (Å²) in [7, 11) is 0. The van der Waals surface area contributed by atoms with Crippen LogP contribution in [0.3, 0.4) is 0 Å². The van der Waals surface area contributed by atoms with Crippen molar-refractivity contribution in [2.24, 2.45) is 0 Å². The van der Waals surface area contributed by atoms with Gasteiger partial charge in [0.2, 0.25) is 0 Å². The van der Waals surface area contributed by atoms with Crippen molar-refractivity contribution >= 4 is 45.0 Å². The lowest BCUT2D eigenvalue weighted by Crippen LogP contribution is -1.99. The monoisotopic (exact) mass is 303 g/mol. The Morgan fingerprint density at radius 3 is 2.70 bits per heavy atom. The molecule has 1 aromatic carbocycles. The van der Waals surface area contributed by atoms with Crippen LogP contribution in [-0.2, 0) is 5.75 Å². The minimum absolute atomic E-state index is 0.520. The first-order chi connectivity index (χ1) is 9.63. The van der Waals surface area contributed by atoms with Crippen LogP contribution in [0.25, 0.3) is 10.9 Å². The van der Waals surface area contributed by atoms with Crippen molar-refractivity contribution in [2.75, 3.05) is 11.5 Å². The van der Waals surface area contributed by atoms with Gasteiger partial charge in [0.15, 0.2) is 5.13 Å². The van der Waals surface area contributed by atoms with Gasteiger partial charge in [0.1, 0.15) is 11.6 Å². The molecule has 0 unspecified atom stereocenters. The number of thiazole rings is 1. The fraction of sp³-hybridized carbons (Fsp3) is 0.154. The number of nitrogens with two attached hydrogens (primary N) is 2. The van der Waals surface area contributed by atoms with E-state index in [1.807, 2.05) is 31.2 Å². The summed E-state index contributed by atoms with van der Waals surface area (Å²) in [6, 6.07) is 7.74. The van der Waals surface area contributed by atoms with E-state index in [0.717, 1.165) is 26.6 Å². The average Bonchev–Trinajstić information content (AvgIpc) is 2.75. The van der Waals surface area contributed by atoms with Crippen LogP contribution >= 0.6 is 23.1 Å². The molecule has 0 radical (unpaired) electrons. The zero-order chi connectivity index (χ0) is 14.1. The zero-order valence-corrected chi connectivity index (χ0v) is 12.5. The fourth-order valence-electron chi connectivity index (χ4n) is 1.88. The largest absolute Gasteiger partial charge is 0.383 e. The number of hydrogen-bond acceptors (Lipinski definition) is 7. The predicted molar refractivity (Wildman–Crippen MR) is 84.8 cm³/mol. The van der Waals surface area contributed by atoms with Crippen LogP contribution in [0.15, 0.2) is 28.5 Å². The van der Waals surface area contributed by atoms with Gasteiger partial charge in [0.05, 0.1) is 21.2 Å². The van der Waals surface area contributed by atoms with Gasteiger partial charge in [0.25, 0.3) is 0 Å². The van der Waals surface area contributed by atoms with Crippen molar-refractivity contribution in [1.82, 2.24) is 15.0 Å². The number of nitrogens with zero attached hydrogens (tertiary/aromatic N) is 3. The van der Waals surface area contributed by atoms with Crippen LogP contribution in [0.2, 0.25) is 0 Å². The molecule has 0 bridgehead atoms. The molecule has 3 aromatic rings. The second kappa shape index (κ2) is 5.26. The number of aromatic nitrogens is 3. The standard InChI is InChI=1S/C13H13N5S2/c1-7-12(20-13(15)16-7)19-6-10-17-9-5-3-2-4-8(9)11(14)18-10/h2-5H,6H2,1H3,(H2,15,16)(H2,14,17,18). The summed E-state index contributed by atoms with van der Waals surface area (Å²) >= 11 is 3.12. The van der Waals surface area contributed by atoms with Crippen LogP contribution < -0.4 is 11.5 Å². The maximum atomic E-state index is 5.97. The molecule has 5 nitrogen and oxygen atoms in total. The van der Waals surface area contributed by atoms with Gasteiger partial charge >= 0.3 is 0 Å². The Balaban J connectivity index is 1.86.